The number of nitrogens with zero attached hydrogens (tertiary/aromatic N) is 2. The maximum Gasteiger partial charge on any atom is 0.446 e. The molecule has 0 spiro atoms. The highest BCUT2D eigenvalue weighted by Gasteiger charge is 2.22. The van der Waals surface area contributed by atoms with E-state index in [1.807, 2.05) is 0 Å². The van der Waals surface area contributed by atoms with E-state index < -0.39 is 15.9 Å². The number of thioether (sulfide) groups is 1. The Bertz CT molecular complexity index is 452. The van der Waals surface area contributed by atoms with Crippen molar-refractivity contribution in [3.8, 4) is 0 Å². The van der Waals surface area contributed by atoms with Gasteiger partial charge in [0.2, 0.25) is 0 Å². The summed E-state index contributed by atoms with van der Waals surface area (Å²) in [5.74, 6) is 1.42. The summed E-state index contributed by atoms with van der Waals surface area (Å²) in [7, 11) is 1.37. The Balaban J connectivity index is 2.34. The molecule has 1 saturated heterocycles. The van der Waals surface area contributed by atoms with E-state index in [1.165, 1.54) is 27.0 Å². The van der Waals surface area contributed by atoms with Crippen LogP contribution in [0.4, 0.5) is 4.79 Å². The molecule has 1 amide bonds. The summed E-state index contributed by atoms with van der Waals surface area (Å²) < 4.78 is 24.1. The fraction of sp³-hybridized carbons (Fsp3) is 0.800. The van der Waals surface area contributed by atoms with Gasteiger partial charge in [0.05, 0.1) is 5.75 Å². The average Bonchev–Trinajstić information content (AvgIpc) is 2.39. The Morgan fingerprint density at radius 3 is 2.95 bits per heavy atom. The number of unbranched alkanes of at least 4 members (excludes halogenated alkanes) is 1. The Labute approximate surface area is 131 Å². The molecule has 1 heterocycles. The van der Waals surface area contributed by atoms with Crippen molar-refractivity contribution in [1.29, 1.82) is 0 Å². The monoisotopic (exact) mass is 358 g/mol. The summed E-state index contributed by atoms with van der Waals surface area (Å²) in [5.41, 5.74) is 0. The molecule has 0 atom stereocenters. The largest absolute Gasteiger partial charge is 0.446 e. The van der Waals surface area contributed by atoms with Crippen molar-refractivity contribution in [3.63, 3.8) is 0 Å². The number of amides is 1. The molecule has 0 aromatic rings. The molecule has 0 aromatic carbocycles. The first-order valence-electron chi connectivity index (χ1n) is 6.09. The third kappa shape index (κ3) is 7.09. The van der Waals surface area contributed by atoms with Gasteiger partial charge in [0, 0.05) is 29.5 Å². The third-order valence-corrected chi connectivity index (χ3v) is 7.60. The van der Waals surface area contributed by atoms with Gasteiger partial charge in [-0.05, 0) is 6.42 Å². The van der Waals surface area contributed by atoms with Crippen LogP contribution in [0.2, 0.25) is 0 Å². The van der Waals surface area contributed by atoms with Gasteiger partial charge in [-0.2, -0.15) is 0 Å². The topological polar surface area (TPSA) is 76.0 Å². The standard InChI is InChI=1S/C10H18N2O4S4/c1-3-4-5-18-19-12(2)10(13)16-11-9-8-20(14,15)7-6-17-9/h3-8H2,1-2H3. The van der Waals surface area contributed by atoms with E-state index in [0.717, 1.165) is 18.6 Å². The molecule has 6 nitrogen and oxygen atoms in total. The lowest BCUT2D eigenvalue weighted by molar-refractivity contribution is 0.137. The van der Waals surface area contributed by atoms with Gasteiger partial charge >= 0.3 is 6.09 Å². The second-order valence-corrected chi connectivity index (χ2v) is 9.88. The summed E-state index contributed by atoms with van der Waals surface area (Å²) in [4.78, 5) is 16.4. The van der Waals surface area contributed by atoms with Crippen LogP contribution >= 0.6 is 33.5 Å². The lowest BCUT2D eigenvalue weighted by atomic mass is 10.4. The average molecular weight is 359 g/mol. The van der Waals surface area contributed by atoms with Crippen molar-refractivity contribution in [3.05, 3.63) is 0 Å². The molecule has 1 aliphatic heterocycles. The highest BCUT2D eigenvalue weighted by atomic mass is 33.1. The molecule has 1 fully saturated rings. The minimum absolute atomic E-state index is 0.146. The summed E-state index contributed by atoms with van der Waals surface area (Å²) in [6.45, 7) is 2.11. The van der Waals surface area contributed by atoms with Crippen LogP contribution in [0.25, 0.3) is 0 Å². The number of hydrogen-bond acceptors (Lipinski definition) is 8. The quantitative estimate of drug-likeness (QED) is 0.237. The highest BCUT2D eigenvalue weighted by molar-refractivity contribution is 8.75. The van der Waals surface area contributed by atoms with Gasteiger partial charge in [0.15, 0.2) is 9.84 Å². The number of rotatable bonds is 6. The van der Waals surface area contributed by atoms with E-state index in [1.54, 1.807) is 17.8 Å². The zero-order valence-corrected chi connectivity index (χ0v) is 14.7. The molecule has 0 bridgehead atoms. The van der Waals surface area contributed by atoms with Crippen molar-refractivity contribution in [2.45, 2.75) is 19.8 Å². The molecule has 116 valence electrons. The van der Waals surface area contributed by atoms with Gasteiger partial charge in [-0.1, -0.05) is 29.3 Å². The van der Waals surface area contributed by atoms with Crippen LogP contribution in [0.3, 0.4) is 0 Å². The molecule has 0 radical (unpaired) electrons. The van der Waals surface area contributed by atoms with Crippen LogP contribution in [0.1, 0.15) is 19.8 Å². The Hall–Kier alpha value is -0.0600. The number of carbonyl (C=O) groups is 1. The van der Waals surface area contributed by atoms with Gasteiger partial charge < -0.3 is 0 Å². The highest BCUT2D eigenvalue weighted by Crippen LogP contribution is 2.26. The van der Waals surface area contributed by atoms with E-state index in [0.29, 0.717) is 10.8 Å². The van der Waals surface area contributed by atoms with Crippen LogP contribution in [-0.2, 0) is 14.7 Å². The lowest BCUT2D eigenvalue weighted by Crippen LogP contribution is -2.25. The summed E-state index contributed by atoms with van der Waals surface area (Å²) >= 11 is 1.31. The molecule has 1 rings (SSSR count). The maximum absolute atomic E-state index is 11.6. The van der Waals surface area contributed by atoms with Crippen LogP contribution in [0, 0.1) is 0 Å². The van der Waals surface area contributed by atoms with Crippen LogP contribution in [0.5, 0.6) is 0 Å². The molecular formula is C10H18N2O4S4. The van der Waals surface area contributed by atoms with Crippen LogP contribution in [0.15, 0.2) is 5.16 Å². The van der Waals surface area contributed by atoms with Crippen molar-refractivity contribution in [1.82, 2.24) is 4.31 Å². The molecule has 0 N–H and O–H groups in total. The van der Waals surface area contributed by atoms with Crippen molar-refractivity contribution < 1.29 is 18.0 Å². The second-order valence-electron chi connectivity index (χ2n) is 4.03. The SMILES string of the molecule is CCCCSSN(C)C(=O)ON=C1CS(=O)(=O)CCS1. The normalized spacial score (nSPS) is 19.8. The Morgan fingerprint density at radius 2 is 2.30 bits per heavy atom. The maximum atomic E-state index is 11.6. The van der Waals surface area contributed by atoms with Crippen LogP contribution < -0.4 is 0 Å². The number of carbonyl (C=O) groups excluding carboxylic acids is 1. The molecule has 0 unspecified atom stereocenters. The van der Waals surface area contributed by atoms with E-state index in [2.05, 4.69) is 12.1 Å². The number of hydrogen-bond donors (Lipinski definition) is 0. The Morgan fingerprint density at radius 1 is 1.55 bits per heavy atom. The fourth-order valence-electron chi connectivity index (χ4n) is 1.14. The minimum Gasteiger partial charge on any atom is -0.296 e. The smallest absolute Gasteiger partial charge is 0.296 e. The molecule has 20 heavy (non-hydrogen) atoms. The first-order valence-corrected chi connectivity index (χ1v) is 11.2. The molecule has 0 saturated carbocycles. The predicted molar refractivity (Wildman–Crippen MR) is 87.7 cm³/mol. The summed E-state index contributed by atoms with van der Waals surface area (Å²) in [6.07, 6.45) is 1.60. The fourth-order valence-corrected chi connectivity index (χ4v) is 6.23. The molecule has 10 heteroatoms. The van der Waals surface area contributed by atoms with E-state index in [-0.39, 0.29) is 11.5 Å². The van der Waals surface area contributed by atoms with E-state index >= 15 is 0 Å². The third-order valence-electron chi connectivity index (χ3n) is 2.23. The van der Waals surface area contributed by atoms with Crippen molar-refractivity contribution in [2.75, 3.05) is 30.1 Å². The Kier molecular flexibility index (Phi) is 8.15. The zero-order valence-electron chi connectivity index (χ0n) is 11.4. The summed E-state index contributed by atoms with van der Waals surface area (Å²) in [6, 6.07) is 0. The van der Waals surface area contributed by atoms with Gasteiger partial charge in [0.25, 0.3) is 0 Å². The number of oxime groups is 1. The lowest BCUT2D eigenvalue weighted by Gasteiger charge is -2.14. The summed E-state index contributed by atoms with van der Waals surface area (Å²) in [5, 5.41) is 3.97. The van der Waals surface area contributed by atoms with Gasteiger partial charge in [-0.3, -0.25) is 4.84 Å². The zero-order chi connectivity index (χ0) is 15.0. The second kappa shape index (κ2) is 9.06. The van der Waals surface area contributed by atoms with E-state index in [4.69, 9.17) is 4.84 Å². The number of sulfone groups is 1. The predicted octanol–water partition coefficient (Wildman–Crippen LogP) is 2.63. The van der Waals surface area contributed by atoms with Crippen molar-refractivity contribution in [2.24, 2.45) is 5.16 Å². The van der Waals surface area contributed by atoms with Gasteiger partial charge in [0.1, 0.15) is 10.8 Å². The van der Waals surface area contributed by atoms with Gasteiger partial charge in [-0.15, -0.1) is 11.8 Å². The molecular weight excluding hydrogens is 340 g/mol. The first kappa shape index (κ1) is 18.0. The molecule has 0 aliphatic carbocycles. The van der Waals surface area contributed by atoms with Crippen LogP contribution in [-0.4, -0.2) is 53.9 Å². The van der Waals surface area contributed by atoms with Gasteiger partial charge in [-0.25, -0.2) is 17.5 Å². The van der Waals surface area contributed by atoms with Crippen molar-refractivity contribution >= 4 is 54.5 Å². The van der Waals surface area contributed by atoms with E-state index in [9.17, 15) is 13.2 Å². The molecule has 0 aromatic heterocycles. The minimum atomic E-state index is -3.09. The first-order chi connectivity index (χ1) is 9.44. The molecule has 1 aliphatic rings.